The number of carbonyl (C=O) groups excluding carboxylic acids is 3. The second kappa shape index (κ2) is 10.8. The van der Waals surface area contributed by atoms with Crippen molar-refractivity contribution in [2.24, 2.45) is 0 Å². The number of esters is 2. The van der Waals surface area contributed by atoms with Crippen molar-refractivity contribution < 1.29 is 23.9 Å². The lowest BCUT2D eigenvalue weighted by atomic mass is 10.00. The molecule has 0 bridgehead atoms. The van der Waals surface area contributed by atoms with E-state index in [9.17, 15) is 14.4 Å². The molecular weight excluding hydrogens is 346 g/mol. The molecule has 0 radical (unpaired) electrons. The van der Waals surface area contributed by atoms with Crippen LogP contribution in [0.25, 0.3) is 0 Å². The van der Waals surface area contributed by atoms with E-state index in [1.165, 1.54) is 7.11 Å². The predicted octanol–water partition coefficient (Wildman–Crippen LogP) is 2.50. The fourth-order valence-electron chi connectivity index (χ4n) is 2.51. The van der Waals surface area contributed by atoms with Gasteiger partial charge in [0.1, 0.15) is 0 Å². The van der Waals surface area contributed by atoms with Gasteiger partial charge in [0.25, 0.3) is 5.91 Å². The van der Waals surface area contributed by atoms with E-state index in [0.29, 0.717) is 24.9 Å². The molecule has 1 amide bonds. The number of amides is 1. The van der Waals surface area contributed by atoms with Crippen LogP contribution in [0.2, 0.25) is 0 Å². The first kappa shape index (κ1) is 20.2. The minimum atomic E-state index is -0.536. The zero-order valence-electron chi connectivity index (χ0n) is 15.3. The molecule has 6 nitrogen and oxygen atoms in total. The van der Waals surface area contributed by atoms with Crippen LogP contribution in [0.1, 0.15) is 34.3 Å². The molecule has 0 spiro atoms. The molecule has 0 heterocycles. The van der Waals surface area contributed by atoms with Crippen LogP contribution in [-0.4, -0.2) is 38.1 Å². The van der Waals surface area contributed by atoms with Crippen LogP contribution >= 0.6 is 0 Å². The zero-order valence-corrected chi connectivity index (χ0v) is 15.3. The van der Waals surface area contributed by atoms with Gasteiger partial charge in [-0.25, -0.2) is 4.79 Å². The van der Waals surface area contributed by atoms with E-state index in [1.54, 1.807) is 12.1 Å². The van der Waals surface area contributed by atoms with Crippen molar-refractivity contribution in [3.05, 3.63) is 71.3 Å². The molecule has 0 unspecified atom stereocenters. The summed E-state index contributed by atoms with van der Waals surface area (Å²) < 4.78 is 9.64. The van der Waals surface area contributed by atoms with Gasteiger partial charge in [-0.1, -0.05) is 48.5 Å². The summed E-state index contributed by atoms with van der Waals surface area (Å²) >= 11 is 0. The van der Waals surface area contributed by atoms with Crippen LogP contribution in [0.15, 0.2) is 54.6 Å². The highest BCUT2D eigenvalue weighted by Crippen LogP contribution is 2.15. The Hall–Kier alpha value is -3.15. The summed E-state index contributed by atoms with van der Waals surface area (Å²) in [5.41, 5.74) is 2.37. The third kappa shape index (κ3) is 6.93. The highest BCUT2D eigenvalue weighted by molar-refractivity contribution is 5.92. The van der Waals surface area contributed by atoms with Gasteiger partial charge in [0.2, 0.25) is 0 Å². The second-order valence-corrected chi connectivity index (χ2v) is 5.93. The number of ether oxygens (including phenoxy) is 2. The van der Waals surface area contributed by atoms with Gasteiger partial charge in [-0.3, -0.25) is 9.59 Å². The number of rotatable bonds is 9. The van der Waals surface area contributed by atoms with Crippen LogP contribution in [0.4, 0.5) is 0 Å². The quantitative estimate of drug-likeness (QED) is 0.542. The van der Waals surface area contributed by atoms with E-state index in [0.717, 1.165) is 11.1 Å². The monoisotopic (exact) mass is 369 g/mol. The number of benzene rings is 2. The average Bonchev–Trinajstić information content (AvgIpc) is 2.70. The summed E-state index contributed by atoms with van der Waals surface area (Å²) in [6.07, 6.45) is 1.29. The molecule has 2 rings (SSSR count). The van der Waals surface area contributed by atoms with Gasteiger partial charge in [-0.15, -0.1) is 0 Å². The number of hydrogen-bond donors (Lipinski definition) is 1. The molecule has 0 saturated heterocycles. The molecule has 0 aromatic heterocycles. The fraction of sp³-hybridized carbons (Fsp3) is 0.286. The molecule has 1 N–H and O–H groups in total. The predicted molar refractivity (Wildman–Crippen MR) is 100 cm³/mol. The third-order valence-corrected chi connectivity index (χ3v) is 3.92. The summed E-state index contributed by atoms with van der Waals surface area (Å²) in [5.74, 6) is -1.27. The smallest absolute Gasteiger partial charge is 0.338 e. The minimum absolute atomic E-state index is 0.226. The Bertz CT molecular complexity index is 773. The van der Waals surface area contributed by atoms with E-state index in [2.05, 4.69) is 10.1 Å². The summed E-state index contributed by atoms with van der Waals surface area (Å²) in [7, 11) is 1.32. The highest BCUT2D eigenvalue weighted by Gasteiger charge is 2.14. The van der Waals surface area contributed by atoms with Crippen LogP contribution < -0.4 is 5.32 Å². The number of carbonyl (C=O) groups is 3. The first-order valence-corrected chi connectivity index (χ1v) is 8.72. The lowest BCUT2D eigenvalue weighted by Crippen LogP contribution is -2.30. The average molecular weight is 369 g/mol. The van der Waals surface area contributed by atoms with Gasteiger partial charge in [-0.05, 0) is 30.0 Å². The van der Waals surface area contributed by atoms with Crippen molar-refractivity contribution in [3.63, 3.8) is 0 Å². The summed E-state index contributed by atoms with van der Waals surface area (Å²) in [4.78, 5) is 35.1. The van der Waals surface area contributed by atoms with E-state index >= 15 is 0 Å². The van der Waals surface area contributed by atoms with Crippen molar-refractivity contribution in [3.8, 4) is 0 Å². The normalized spacial score (nSPS) is 10.1. The van der Waals surface area contributed by atoms with Gasteiger partial charge in [0.05, 0.1) is 12.7 Å². The summed E-state index contributed by atoms with van der Waals surface area (Å²) in [6.45, 7) is -0.0488. The second-order valence-electron chi connectivity index (χ2n) is 5.93. The maximum Gasteiger partial charge on any atom is 0.338 e. The first-order valence-electron chi connectivity index (χ1n) is 8.72. The van der Waals surface area contributed by atoms with E-state index in [4.69, 9.17) is 4.74 Å². The number of nitrogens with one attached hydrogen (secondary N) is 1. The Morgan fingerprint density at radius 2 is 1.67 bits per heavy atom. The van der Waals surface area contributed by atoms with Crippen LogP contribution in [0.3, 0.4) is 0 Å². The van der Waals surface area contributed by atoms with Crippen molar-refractivity contribution in [1.29, 1.82) is 0 Å². The van der Waals surface area contributed by atoms with Crippen molar-refractivity contribution in [2.75, 3.05) is 20.3 Å². The Morgan fingerprint density at radius 1 is 0.963 bits per heavy atom. The summed E-state index contributed by atoms with van der Waals surface area (Å²) in [5, 5.41) is 2.60. The van der Waals surface area contributed by atoms with E-state index < -0.39 is 11.9 Å². The molecule has 0 aliphatic heterocycles. The Labute approximate surface area is 158 Å². The standard InChI is InChI=1S/C21H23NO5/c1-26-20(24)12-7-13-22-19(23)15-27-21(25)18-11-6-5-10-17(18)14-16-8-3-2-4-9-16/h2-6,8-11H,7,12-15H2,1H3,(H,22,23). The molecule has 2 aromatic rings. The minimum Gasteiger partial charge on any atom is -0.469 e. The molecule has 27 heavy (non-hydrogen) atoms. The fourth-order valence-corrected chi connectivity index (χ4v) is 2.51. The molecular formula is C21H23NO5. The van der Waals surface area contributed by atoms with Crippen molar-refractivity contribution in [2.45, 2.75) is 19.3 Å². The SMILES string of the molecule is COC(=O)CCCNC(=O)COC(=O)c1ccccc1Cc1ccccc1. The van der Waals surface area contributed by atoms with E-state index in [-0.39, 0.29) is 19.0 Å². The Balaban J connectivity index is 1.83. The van der Waals surface area contributed by atoms with Gasteiger partial charge in [0.15, 0.2) is 6.61 Å². The van der Waals surface area contributed by atoms with Gasteiger partial charge in [-0.2, -0.15) is 0 Å². The van der Waals surface area contributed by atoms with Crippen molar-refractivity contribution in [1.82, 2.24) is 5.32 Å². The van der Waals surface area contributed by atoms with Crippen LogP contribution in [-0.2, 0) is 25.5 Å². The van der Waals surface area contributed by atoms with Gasteiger partial charge < -0.3 is 14.8 Å². The van der Waals surface area contributed by atoms with Crippen LogP contribution in [0.5, 0.6) is 0 Å². The first-order chi connectivity index (χ1) is 13.1. The molecule has 0 saturated carbocycles. The maximum absolute atomic E-state index is 12.4. The van der Waals surface area contributed by atoms with Gasteiger partial charge >= 0.3 is 11.9 Å². The van der Waals surface area contributed by atoms with Gasteiger partial charge in [0, 0.05) is 13.0 Å². The highest BCUT2D eigenvalue weighted by atomic mass is 16.5. The molecule has 0 fully saturated rings. The third-order valence-electron chi connectivity index (χ3n) is 3.92. The molecule has 142 valence electrons. The van der Waals surface area contributed by atoms with Crippen LogP contribution in [0, 0.1) is 0 Å². The Morgan fingerprint density at radius 3 is 2.41 bits per heavy atom. The topological polar surface area (TPSA) is 81.7 Å². The lowest BCUT2D eigenvalue weighted by molar-refractivity contribution is -0.140. The molecule has 0 aliphatic carbocycles. The maximum atomic E-state index is 12.4. The van der Waals surface area contributed by atoms with Crippen molar-refractivity contribution >= 4 is 17.8 Å². The summed E-state index contributed by atoms with van der Waals surface area (Å²) in [6, 6.07) is 17.0. The number of methoxy groups -OCH3 is 1. The molecule has 6 heteroatoms. The molecule has 0 aliphatic rings. The number of hydrogen-bond acceptors (Lipinski definition) is 5. The zero-order chi connectivity index (χ0) is 19.5. The lowest BCUT2D eigenvalue weighted by Gasteiger charge is -2.10. The molecule has 0 atom stereocenters. The Kier molecular flexibility index (Phi) is 8.03. The van der Waals surface area contributed by atoms with E-state index in [1.807, 2.05) is 42.5 Å². The molecule has 2 aromatic carbocycles. The largest absolute Gasteiger partial charge is 0.469 e.